The van der Waals surface area contributed by atoms with Crippen LogP contribution in [-0.4, -0.2) is 10.2 Å². The molecule has 0 aliphatic heterocycles. The Bertz CT molecular complexity index is 790. The minimum Gasteiger partial charge on any atom is -0.414 e. The van der Waals surface area contributed by atoms with Crippen molar-refractivity contribution in [1.29, 1.82) is 0 Å². The van der Waals surface area contributed by atoms with Crippen molar-refractivity contribution >= 4 is 35.0 Å². The average molecular weight is 380 g/mol. The largest absolute Gasteiger partial charge is 0.414 e. The molecule has 1 heterocycles. The molecule has 2 aromatic carbocycles. The van der Waals surface area contributed by atoms with Crippen LogP contribution in [0.5, 0.6) is 0 Å². The van der Waals surface area contributed by atoms with Gasteiger partial charge in [-0.15, -0.1) is 10.2 Å². The van der Waals surface area contributed by atoms with Crippen LogP contribution in [0.15, 0.2) is 58.2 Å². The van der Waals surface area contributed by atoms with E-state index in [1.54, 1.807) is 12.1 Å². The molecule has 3 rings (SSSR count). The molecule has 1 aromatic heterocycles. The van der Waals surface area contributed by atoms with E-state index in [0.717, 1.165) is 11.1 Å². The minimum absolute atomic E-state index is 0.335. The highest BCUT2D eigenvalue weighted by atomic mass is 35.5. The molecule has 7 heteroatoms. The second-order valence-electron chi connectivity index (χ2n) is 5.19. The molecule has 24 heavy (non-hydrogen) atoms. The van der Waals surface area contributed by atoms with Gasteiger partial charge in [0.25, 0.3) is 5.22 Å². The first-order valence-electron chi connectivity index (χ1n) is 7.32. The minimum atomic E-state index is -0.335. The summed E-state index contributed by atoms with van der Waals surface area (Å²) in [5, 5.41) is 9.76. The van der Waals surface area contributed by atoms with Crippen molar-refractivity contribution in [1.82, 2.24) is 10.2 Å². The molecular formula is C17H15Cl2N3OS. The Labute approximate surface area is 154 Å². The monoisotopic (exact) mass is 379 g/mol. The Morgan fingerprint density at radius 3 is 2.42 bits per heavy atom. The molecule has 0 bridgehead atoms. The van der Waals surface area contributed by atoms with Crippen LogP contribution in [-0.2, 0) is 12.2 Å². The first-order valence-corrected chi connectivity index (χ1v) is 9.06. The maximum absolute atomic E-state index is 6.16. The molecule has 124 valence electrons. The first-order chi connectivity index (χ1) is 11.6. The molecule has 0 aliphatic carbocycles. The van der Waals surface area contributed by atoms with Gasteiger partial charge in [-0.05, 0) is 29.7 Å². The standard InChI is InChI=1S/C17H15Cl2N3OS/c18-13-7-4-8-14(19)12(13)10-24-17-22-21-16(23-17)15(20)9-11-5-2-1-3-6-11/h1-8,15H,9-10,20H2. The van der Waals surface area contributed by atoms with E-state index in [2.05, 4.69) is 10.2 Å². The summed E-state index contributed by atoms with van der Waals surface area (Å²) < 4.78 is 5.65. The molecule has 0 saturated carbocycles. The van der Waals surface area contributed by atoms with Gasteiger partial charge in [-0.25, -0.2) is 0 Å². The van der Waals surface area contributed by atoms with Crippen molar-refractivity contribution < 1.29 is 4.42 Å². The van der Waals surface area contributed by atoms with Gasteiger partial charge in [0.2, 0.25) is 5.89 Å². The summed E-state index contributed by atoms with van der Waals surface area (Å²) in [5.41, 5.74) is 8.12. The van der Waals surface area contributed by atoms with Crippen LogP contribution >= 0.6 is 35.0 Å². The Kier molecular flexibility index (Phi) is 5.79. The van der Waals surface area contributed by atoms with Crippen molar-refractivity contribution in [3.63, 3.8) is 0 Å². The van der Waals surface area contributed by atoms with Gasteiger partial charge in [-0.3, -0.25) is 0 Å². The van der Waals surface area contributed by atoms with E-state index in [0.29, 0.717) is 33.3 Å². The number of benzene rings is 2. The van der Waals surface area contributed by atoms with Crippen molar-refractivity contribution in [3.8, 4) is 0 Å². The van der Waals surface area contributed by atoms with Crippen molar-refractivity contribution in [3.05, 3.63) is 75.6 Å². The molecule has 0 radical (unpaired) electrons. The molecule has 2 N–H and O–H groups in total. The van der Waals surface area contributed by atoms with Gasteiger partial charge >= 0.3 is 0 Å². The highest BCUT2D eigenvalue weighted by molar-refractivity contribution is 7.98. The van der Waals surface area contributed by atoms with E-state index in [1.807, 2.05) is 36.4 Å². The molecule has 1 atom stereocenters. The van der Waals surface area contributed by atoms with E-state index in [1.165, 1.54) is 11.8 Å². The van der Waals surface area contributed by atoms with Crippen LogP contribution in [0.25, 0.3) is 0 Å². The van der Waals surface area contributed by atoms with Gasteiger partial charge < -0.3 is 10.2 Å². The summed E-state index contributed by atoms with van der Waals surface area (Å²) in [4.78, 5) is 0. The van der Waals surface area contributed by atoms with Crippen LogP contribution in [0.3, 0.4) is 0 Å². The van der Waals surface area contributed by atoms with Gasteiger partial charge in [0.15, 0.2) is 0 Å². The first kappa shape index (κ1) is 17.3. The molecule has 4 nitrogen and oxygen atoms in total. The highest BCUT2D eigenvalue weighted by Gasteiger charge is 2.16. The summed E-state index contributed by atoms with van der Waals surface area (Å²) >= 11 is 13.7. The number of thioether (sulfide) groups is 1. The van der Waals surface area contributed by atoms with Crippen molar-refractivity contribution in [2.24, 2.45) is 5.73 Å². The van der Waals surface area contributed by atoms with Gasteiger partial charge in [-0.2, -0.15) is 0 Å². The molecule has 0 spiro atoms. The topological polar surface area (TPSA) is 64.9 Å². The van der Waals surface area contributed by atoms with E-state index < -0.39 is 0 Å². The Balaban J connectivity index is 1.63. The van der Waals surface area contributed by atoms with Gasteiger partial charge in [-0.1, -0.05) is 71.4 Å². The van der Waals surface area contributed by atoms with Gasteiger partial charge in [0, 0.05) is 15.8 Å². The molecule has 0 amide bonds. The summed E-state index contributed by atoms with van der Waals surface area (Å²) in [6, 6.07) is 15.0. The molecule has 3 aromatic rings. The summed E-state index contributed by atoms with van der Waals surface area (Å²) in [5.74, 6) is 0.972. The lowest BCUT2D eigenvalue weighted by Gasteiger charge is -2.06. The van der Waals surface area contributed by atoms with Crippen LogP contribution in [0, 0.1) is 0 Å². The predicted molar refractivity (Wildman–Crippen MR) is 97.4 cm³/mol. The smallest absolute Gasteiger partial charge is 0.276 e. The molecule has 0 saturated heterocycles. The zero-order valence-corrected chi connectivity index (χ0v) is 15.0. The SMILES string of the molecule is NC(Cc1ccccc1)c1nnc(SCc2c(Cl)cccc2Cl)o1. The Morgan fingerprint density at radius 2 is 1.71 bits per heavy atom. The third-order valence-corrected chi connectivity index (χ3v) is 4.99. The molecule has 0 fully saturated rings. The molecule has 0 aliphatic rings. The maximum Gasteiger partial charge on any atom is 0.276 e. The zero-order chi connectivity index (χ0) is 16.9. The fourth-order valence-electron chi connectivity index (χ4n) is 2.19. The molecular weight excluding hydrogens is 365 g/mol. The number of nitrogens with zero attached hydrogens (tertiary/aromatic N) is 2. The quantitative estimate of drug-likeness (QED) is 0.616. The summed E-state index contributed by atoms with van der Waals surface area (Å²) in [7, 11) is 0. The normalized spacial score (nSPS) is 12.3. The number of hydrogen-bond donors (Lipinski definition) is 1. The van der Waals surface area contributed by atoms with E-state index in [-0.39, 0.29) is 6.04 Å². The van der Waals surface area contributed by atoms with Gasteiger partial charge in [0.1, 0.15) is 0 Å². The Morgan fingerprint density at radius 1 is 1.00 bits per heavy atom. The van der Waals surface area contributed by atoms with Crippen molar-refractivity contribution in [2.75, 3.05) is 0 Å². The molecule has 1 unspecified atom stereocenters. The van der Waals surface area contributed by atoms with Crippen LogP contribution in [0.2, 0.25) is 10.0 Å². The van der Waals surface area contributed by atoms with E-state index in [9.17, 15) is 0 Å². The number of rotatable bonds is 6. The number of hydrogen-bond acceptors (Lipinski definition) is 5. The lowest BCUT2D eigenvalue weighted by atomic mass is 10.1. The maximum atomic E-state index is 6.16. The number of nitrogens with two attached hydrogens (primary N) is 1. The predicted octanol–water partition coefficient (Wildman–Crippen LogP) is 4.91. The van der Waals surface area contributed by atoms with Crippen LogP contribution in [0.1, 0.15) is 23.1 Å². The third-order valence-electron chi connectivity index (χ3n) is 3.44. The average Bonchev–Trinajstić information content (AvgIpc) is 3.04. The summed E-state index contributed by atoms with van der Waals surface area (Å²) in [6.07, 6.45) is 0.642. The van der Waals surface area contributed by atoms with E-state index >= 15 is 0 Å². The fraction of sp³-hybridized carbons (Fsp3) is 0.176. The van der Waals surface area contributed by atoms with Crippen LogP contribution in [0.4, 0.5) is 0 Å². The highest BCUT2D eigenvalue weighted by Crippen LogP contribution is 2.31. The van der Waals surface area contributed by atoms with E-state index in [4.69, 9.17) is 33.4 Å². The fourth-order valence-corrected chi connectivity index (χ4v) is 3.70. The lowest BCUT2D eigenvalue weighted by molar-refractivity contribution is 0.385. The summed E-state index contributed by atoms with van der Waals surface area (Å²) in [6.45, 7) is 0. The van der Waals surface area contributed by atoms with Gasteiger partial charge in [0.05, 0.1) is 6.04 Å². The number of aromatic nitrogens is 2. The second kappa shape index (κ2) is 8.03. The lowest BCUT2D eigenvalue weighted by Crippen LogP contribution is -2.13. The van der Waals surface area contributed by atoms with Crippen LogP contribution < -0.4 is 5.73 Å². The second-order valence-corrected chi connectivity index (χ2v) is 6.93. The Hall–Kier alpha value is -1.53. The number of halogens is 2. The zero-order valence-electron chi connectivity index (χ0n) is 12.7. The third kappa shape index (κ3) is 4.30. The van der Waals surface area contributed by atoms with Crippen molar-refractivity contribution in [2.45, 2.75) is 23.4 Å².